The van der Waals surface area contributed by atoms with Gasteiger partial charge in [0.15, 0.2) is 0 Å². The quantitative estimate of drug-likeness (QED) is 0.208. The Morgan fingerprint density at radius 1 is 0.667 bits per heavy atom. The summed E-state index contributed by atoms with van der Waals surface area (Å²) in [4.78, 5) is 10.4. The molecule has 0 bridgehead atoms. The van der Waals surface area contributed by atoms with E-state index in [1.54, 1.807) is 0 Å². The van der Waals surface area contributed by atoms with Gasteiger partial charge in [0.1, 0.15) is 0 Å². The van der Waals surface area contributed by atoms with Crippen molar-refractivity contribution in [1.82, 2.24) is 0 Å². The number of aliphatic carboxylic acids is 1. The third-order valence-electron chi connectivity index (χ3n) is 4.35. The fourth-order valence-corrected chi connectivity index (χ4v) is 2.86. The summed E-state index contributed by atoms with van der Waals surface area (Å²) in [5.74, 6) is -0.657. The van der Waals surface area contributed by atoms with Crippen LogP contribution in [0, 0.1) is 0 Å². The standard InChI is InChI=1S/C22H40O2/c1-2-3-4-5-6-7-8-9-10-11-12-13-14-15-16-17-18-19-20-21-22(23)24/h3-4,6-7H,2,5,8-21H2,1H3,(H,23,24). The van der Waals surface area contributed by atoms with E-state index in [0.717, 1.165) is 25.7 Å². The Hall–Kier alpha value is -1.05. The largest absolute Gasteiger partial charge is 0.481 e. The summed E-state index contributed by atoms with van der Waals surface area (Å²) in [6, 6.07) is 0. The maximum Gasteiger partial charge on any atom is 0.303 e. The lowest BCUT2D eigenvalue weighted by Crippen LogP contribution is -1.93. The molecule has 0 aromatic heterocycles. The molecule has 0 saturated carbocycles. The second-order valence-corrected chi connectivity index (χ2v) is 6.76. The van der Waals surface area contributed by atoms with Crippen LogP contribution in [0.3, 0.4) is 0 Å². The molecule has 1 N–H and O–H groups in total. The average Bonchev–Trinajstić information content (AvgIpc) is 2.56. The van der Waals surface area contributed by atoms with Crippen molar-refractivity contribution in [2.24, 2.45) is 0 Å². The van der Waals surface area contributed by atoms with E-state index in [2.05, 4.69) is 31.2 Å². The Labute approximate surface area is 150 Å². The highest BCUT2D eigenvalue weighted by molar-refractivity contribution is 5.66. The van der Waals surface area contributed by atoms with Crippen molar-refractivity contribution < 1.29 is 9.90 Å². The molecule has 0 fully saturated rings. The molecule has 0 aliphatic carbocycles. The van der Waals surface area contributed by atoms with Crippen molar-refractivity contribution in [3.8, 4) is 0 Å². The van der Waals surface area contributed by atoms with E-state index in [1.165, 1.54) is 70.6 Å². The zero-order valence-electron chi connectivity index (χ0n) is 16.0. The third-order valence-corrected chi connectivity index (χ3v) is 4.35. The maximum absolute atomic E-state index is 10.4. The summed E-state index contributed by atoms with van der Waals surface area (Å²) >= 11 is 0. The number of hydrogen-bond donors (Lipinski definition) is 1. The summed E-state index contributed by atoms with van der Waals surface area (Å²) in [5.41, 5.74) is 0. The molecule has 2 nitrogen and oxygen atoms in total. The molecule has 0 aromatic carbocycles. The van der Waals surface area contributed by atoms with Crippen LogP contribution in [0.2, 0.25) is 0 Å². The van der Waals surface area contributed by atoms with Gasteiger partial charge < -0.3 is 5.11 Å². The second kappa shape index (κ2) is 20.0. The van der Waals surface area contributed by atoms with Crippen molar-refractivity contribution in [2.45, 2.75) is 110 Å². The lowest BCUT2D eigenvalue weighted by molar-refractivity contribution is -0.137. The number of carboxylic acids is 1. The van der Waals surface area contributed by atoms with Gasteiger partial charge in [-0.15, -0.1) is 0 Å². The molecule has 0 spiro atoms. The Morgan fingerprint density at radius 3 is 1.62 bits per heavy atom. The van der Waals surface area contributed by atoms with Crippen molar-refractivity contribution >= 4 is 5.97 Å². The van der Waals surface area contributed by atoms with Crippen LogP contribution in [-0.4, -0.2) is 11.1 Å². The number of allylic oxidation sites excluding steroid dienone is 4. The predicted molar refractivity (Wildman–Crippen MR) is 105 cm³/mol. The fraction of sp³-hybridized carbons (Fsp3) is 0.773. The Bertz CT molecular complexity index is 318. The summed E-state index contributed by atoms with van der Waals surface area (Å²) in [5, 5.41) is 8.55. The van der Waals surface area contributed by atoms with Crippen molar-refractivity contribution in [3.63, 3.8) is 0 Å². The first-order chi connectivity index (χ1) is 11.8. The minimum absolute atomic E-state index is 0.339. The van der Waals surface area contributed by atoms with Gasteiger partial charge in [-0.05, 0) is 32.1 Å². The van der Waals surface area contributed by atoms with E-state index in [1.807, 2.05) is 0 Å². The van der Waals surface area contributed by atoms with Gasteiger partial charge in [-0.2, -0.15) is 0 Å². The van der Waals surface area contributed by atoms with E-state index in [-0.39, 0.29) is 0 Å². The Morgan fingerprint density at radius 2 is 1.12 bits per heavy atom. The minimum atomic E-state index is -0.657. The molecule has 0 atom stereocenters. The highest BCUT2D eigenvalue weighted by Gasteiger charge is 1.96. The number of unbranched alkanes of at least 4 members (excludes halogenated alkanes) is 12. The first-order valence-electron chi connectivity index (χ1n) is 10.3. The van der Waals surface area contributed by atoms with Gasteiger partial charge in [-0.25, -0.2) is 0 Å². The molecule has 2 heteroatoms. The summed E-state index contributed by atoms with van der Waals surface area (Å²) in [6.45, 7) is 2.17. The lowest BCUT2D eigenvalue weighted by atomic mass is 10.0. The number of carbonyl (C=O) groups is 1. The van der Waals surface area contributed by atoms with E-state index in [0.29, 0.717) is 6.42 Å². The van der Waals surface area contributed by atoms with Gasteiger partial charge in [0.25, 0.3) is 0 Å². The SMILES string of the molecule is CCC=CCC=CCCCCCCCCCCCCCCC(=O)O. The van der Waals surface area contributed by atoms with Crippen LogP contribution in [0.4, 0.5) is 0 Å². The zero-order valence-corrected chi connectivity index (χ0v) is 16.0. The topological polar surface area (TPSA) is 37.3 Å². The molecule has 140 valence electrons. The average molecular weight is 337 g/mol. The monoisotopic (exact) mass is 336 g/mol. The molecule has 0 aliphatic heterocycles. The summed E-state index contributed by atoms with van der Waals surface area (Å²) in [7, 11) is 0. The van der Waals surface area contributed by atoms with Gasteiger partial charge in [-0.3, -0.25) is 4.79 Å². The molecule has 0 radical (unpaired) electrons. The van der Waals surface area contributed by atoms with Crippen LogP contribution in [0.15, 0.2) is 24.3 Å². The predicted octanol–water partition coefficient (Wildman–Crippen LogP) is 7.44. The van der Waals surface area contributed by atoms with Crippen LogP contribution < -0.4 is 0 Å². The first-order valence-corrected chi connectivity index (χ1v) is 10.3. The lowest BCUT2D eigenvalue weighted by Gasteiger charge is -2.02. The molecule has 0 saturated heterocycles. The maximum atomic E-state index is 10.4. The first kappa shape index (κ1) is 22.9. The number of rotatable bonds is 18. The summed E-state index contributed by atoms with van der Waals surface area (Å²) in [6.07, 6.45) is 28.2. The Kier molecular flexibility index (Phi) is 19.1. The van der Waals surface area contributed by atoms with Crippen molar-refractivity contribution in [1.29, 1.82) is 0 Å². The number of hydrogen-bond acceptors (Lipinski definition) is 1. The zero-order chi connectivity index (χ0) is 17.7. The van der Waals surface area contributed by atoms with Gasteiger partial charge in [0, 0.05) is 6.42 Å². The van der Waals surface area contributed by atoms with E-state index in [4.69, 9.17) is 5.11 Å². The van der Waals surface area contributed by atoms with Crippen molar-refractivity contribution in [2.75, 3.05) is 0 Å². The minimum Gasteiger partial charge on any atom is -0.481 e. The van der Waals surface area contributed by atoms with Gasteiger partial charge in [0.2, 0.25) is 0 Å². The third kappa shape index (κ3) is 20.9. The van der Waals surface area contributed by atoms with E-state index in [9.17, 15) is 4.79 Å². The van der Waals surface area contributed by atoms with Crippen LogP contribution >= 0.6 is 0 Å². The smallest absolute Gasteiger partial charge is 0.303 e. The normalized spacial score (nSPS) is 11.7. The van der Waals surface area contributed by atoms with E-state index < -0.39 is 5.97 Å². The molecule has 24 heavy (non-hydrogen) atoms. The molecular weight excluding hydrogens is 296 g/mol. The molecule has 0 amide bonds. The van der Waals surface area contributed by atoms with Crippen LogP contribution in [-0.2, 0) is 4.79 Å². The highest BCUT2D eigenvalue weighted by atomic mass is 16.4. The molecule has 0 aliphatic rings. The fourth-order valence-electron chi connectivity index (χ4n) is 2.86. The molecular formula is C22H40O2. The van der Waals surface area contributed by atoms with Crippen LogP contribution in [0.25, 0.3) is 0 Å². The molecule has 0 rings (SSSR count). The molecule has 0 unspecified atom stereocenters. The van der Waals surface area contributed by atoms with Crippen LogP contribution in [0.5, 0.6) is 0 Å². The van der Waals surface area contributed by atoms with Crippen LogP contribution in [0.1, 0.15) is 110 Å². The summed E-state index contributed by atoms with van der Waals surface area (Å²) < 4.78 is 0. The van der Waals surface area contributed by atoms with E-state index >= 15 is 0 Å². The van der Waals surface area contributed by atoms with Gasteiger partial charge in [-0.1, -0.05) is 95.4 Å². The Balaban J connectivity index is 3.07. The van der Waals surface area contributed by atoms with Gasteiger partial charge in [0.05, 0.1) is 0 Å². The van der Waals surface area contributed by atoms with Crippen molar-refractivity contribution in [3.05, 3.63) is 24.3 Å². The molecule has 0 aromatic rings. The molecule has 0 heterocycles. The van der Waals surface area contributed by atoms with Gasteiger partial charge >= 0.3 is 5.97 Å². The highest BCUT2D eigenvalue weighted by Crippen LogP contribution is 2.13. The number of carboxylic acid groups (broad SMARTS) is 1. The second-order valence-electron chi connectivity index (χ2n) is 6.76.